The molecule has 1 fully saturated rings. The Kier molecular flexibility index (Phi) is 6.89. The first kappa shape index (κ1) is 19.0. The highest BCUT2D eigenvalue weighted by Gasteiger charge is 2.33. The molecule has 0 aromatic heterocycles. The number of hydrogen-bond acceptors (Lipinski definition) is 1. The van der Waals surface area contributed by atoms with Crippen LogP contribution in [0.2, 0.25) is 0 Å². The molecule has 124 valence electrons. The largest absolute Gasteiger partial charge is 0.416 e. The smallest absolute Gasteiger partial charge is 0.370 e. The van der Waals surface area contributed by atoms with Gasteiger partial charge in [0.15, 0.2) is 5.96 Å². The van der Waals surface area contributed by atoms with E-state index in [-0.39, 0.29) is 42.0 Å². The maximum atomic E-state index is 13.0. The van der Waals surface area contributed by atoms with Gasteiger partial charge in [-0.05, 0) is 37.0 Å². The molecule has 1 aliphatic heterocycles. The van der Waals surface area contributed by atoms with E-state index in [1.54, 1.807) is 0 Å². The molecule has 0 spiro atoms. The number of nitrogens with zero attached hydrogens (tertiary/aromatic N) is 2. The highest BCUT2D eigenvalue weighted by molar-refractivity contribution is 14.0. The van der Waals surface area contributed by atoms with Crippen LogP contribution in [0, 0.1) is 5.82 Å². The van der Waals surface area contributed by atoms with Gasteiger partial charge >= 0.3 is 6.18 Å². The molecule has 0 saturated carbocycles. The molecule has 0 bridgehead atoms. The average molecular weight is 431 g/mol. The van der Waals surface area contributed by atoms with E-state index in [1.807, 2.05) is 4.90 Å². The van der Waals surface area contributed by atoms with E-state index in [2.05, 4.69) is 4.99 Å². The minimum atomic E-state index is -4.60. The molecule has 0 aliphatic carbocycles. The van der Waals surface area contributed by atoms with Crippen molar-refractivity contribution in [2.75, 3.05) is 13.1 Å². The van der Waals surface area contributed by atoms with E-state index >= 15 is 0 Å². The van der Waals surface area contributed by atoms with Crippen LogP contribution in [-0.4, -0.2) is 23.9 Å². The second kappa shape index (κ2) is 7.98. The van der Waals surface area contributed by atoms with E-state index in [1.165, 1.54) is 0 Å². The van der Waals surface area contributed by atoms with Crippen molar-refractivity contribution in [3.8, 4) is 0 Å². The Bertz CT molecular complexity index is 525. The Morgan fingerprint density at radius 2 is 1.82 bits per heavy atom. The molecule has 1 aromatic carbocycles. The molecule has 1 aromatic rings. The molecule has 0 amide bonds. The highest BCUT2D eigenvalue weighted by Crippen LogP contribution is 2.32. The van der Waals surface area contributed by atoms with E-state index < -0.39 is 17.6 Å². The van der Waals surface area contributed by atoms with Gasteiger partial charge in [0, 0.05) is 13.1 Å². The number of rotatable bonds is 2. The summed E-state index contributed by atoms with van der Waals surface area (Å²) in [5.74, 6) is -0.675. The summed E-state index contributed by atoms with van der Waals surface area (Å²) in [4.78, 5) is 5.88. The van der Waals surface area contributed by atoms with E-state index in [0.717, 1.165) is 44.5 Å². The quantitative estimate of drug-likeness (QED) is 0.336. The lowest BCUT2D eigenvalue weighted by molar-refractivity contribution is -0.138. The lowest BCUT2D eigenvalue weighted by atomic mass is 10.1. The summed E-state index contributed by atoms with van der Waals surface area (Å²) in [6, 6.07) is 2.59. The van der Waals surface area contributed by atoms with Crippen molar-refractivity contribution in [2.45, 2.75) is 32.0 Å². The number of benzene rings is 1. The third kappa shape index (κ3) is 4.99. The highest BCUT2D eigenvalue weighted by atomic mass is 127. The van der Waals surface area contributed by atoms with Gasteiger partial charge in [-0.25, -0.2) is 9.38 Å². The maximum absolute atomic E-state index is 13.0. The summed E-state index contributed by atoms with van der Waals surface area (Å²) in [6.45, 7) is 1.33. The van der Waals surface area contributed by atoms with E-state index in [0.29, 0.717) is 6.07 Å². The molecule has 3 nitrogen and oxygen atoms in total. The monoisotopic (exact) mass is 431 g/mol. The SMILES string of the molecule is I.NC(=NCc1ccc(F)cc1C(F)(F)F)N1CCCCC1. The van der Waals surface area contributed by atoms with Crippen LogP contribution >= 0.6 is 24.0 Å². The number of halogens is 5. The van der Waals surface area contributed by atoms with Crippen LogP contribution in [0.1, 0.15) is 30.4 Å². The second-order valence-electron chi connectivity index (χ2n) is 5.02. The van der Waals surface area contributed by atoms with Crippen LogP contribution in [0.3, 0.4) is 0 Å². The van der Waals surface area contributed by atoms with Crippen LogP contribution in [0.4, 0.5) is 17.6 Å². The van der Waals surface area contributed by atoms with Crippen LogP contribution in [0.15, 0.2) is 23.2 Å². The molecule has 1 saturated heterocycles. The standard InChI is InChI=1S/C14H17F4N3.HI/c15-11-5-4-10(12(8-11)14(16,17)18)9-20-13(19)21-6-2-1-3-7-21;/h4-5,8H,1-3,6-7,9H2,(H2,19,20);1H. The summed E-state index contributed by atoms with van der Waals surface area (Å²) in [7, 11) is 0. The summed E-state index contributed by atoms with van der Waals surface area (Å²) in [5, 5.41) is 0. The fourth-order valence-corrected chi connectivity index (χ4v) is 2.34. The lowest BCUT2D eigenvalue weighted by Gasteiger charge is -2.27. The number of aliphatic imine (C=N–C) groups is 1. The molecule has 1 aliphatic rings. The Balaban J connectivity index is 0.00000242. The Morgan fingerprint density at radius 3 is 2.41 bits per heavy atom. The molecule has 0 unspecified atom stereocenters. The van der Waals surface area contributed by atoms with Crippen LogP contribution in [0.5, 0.6) is 0 Å². The number of nitrogens with two attached hydrogens (primary N) is 1. The molecular weight excluding hydrogens is 413 g/mol. The Hall–Kier alpha value is -1.06. The maximum Gasteiger partial charge on any atom is 0.416 e. The summed E-state index contributed by atoms with van der Waals surface area (Å²) in [5.41, 5.74) is 4.72. The van der Waals surface area contributed by atoms with Crippen LogP contribution < -0.4 is 5.73 Å². The van der Waals surface area contributed by atoms with Gasteiger partial charge in [-0.2, -0.15) is 13.2 Å². The Labute approximate surface area is 143 Å². The number of alkyl halides is 3. The minimum Gasteiger partial charge on any atom is -0.370 e. The van der Waals surface area contributed by atoms with Crippen molar-refractivity contribution < 1.29 is 17.6 Å². The molecule has 0 radical (unpaired) electrons. The summed E-state index contributed by atoms with van der Waals surface area (Å²) >= 11 is 0. The van der Waals surface area contributed by atoms with Crippen molar-refractivity contribution >= 4 is 29.9 Å². The molecule has 1 heterocycles. The van der Waals surface area contributed by atoms with Gasteiger partial charge < -0.3 is 10.6 Å². The minimum absolute atomic E-state index is 0. The third-order valence-electron chi connectivity index (χ3n) is 3.47. The molecule has 22 heavy (non-hydrogen) atoms. The van der Waals surface area contributed by atoms with Gasteiger partial charge in [-0.3, -0.25) is 0 Å². The normalized spacial score (nSPS) is 16.4. The van der Waals surface area contributed by atoms with Gasteiger partial charge in [0.2, 0.25) is 0 Å². The van der Waals surface area contributed by atoms with E-state index in [9.17, 15) is 17.6 Å². The second-order valence-corrected chi connectivity index (χ2v) is 5.02. The van der Waals surface area contributed by atoms with Crippen molar-refractivity contribution in [1.29, 1.82) is 0 Å². The Morgan fingerprint density at radius 1 is 1.18 bits per heavy atom. The number of guanidine groups is 1. The van der Waals surface area contributed by atoms with E-state index in [4.69, 9.17) is 5.73 Å². The predicted octanol–water partition coefficient (Wildman–Crippen LogP) is 3.76. The fraction of sp³-hybridized carbons (Fsp3) is 0.500. The number of hydrogen-bond donors (Lipinski definition) is 1. The predicted molar refractivity (Wildman–Crippen MR) is 87.6 cm³/mol. The molecule has 8 heteroatoms. The number of likely N-dealkylation sites (tertiary alicyclic amines) is 1. The van der Waals surface area contributed by atoms with Gasteiger partial charge in [0.1, 0.15) is 5.82 Å². The molecule has 2 N–H and O–H groups in total. The van der Waals surface area contributed by atoms with Gasteiger partial charge in [-0.1, -0.05) is 6.07 Å². The lowest BCUT2D eigenvalue weighted by Crippen LogP contribution is -2.40. The first-order valence-electron chi connectivity index (χ1n) is 6.78. The first-order valence-corrected chi connectivity index (χ1v) is 6.78. The van der Waals surface area contributed by atoms with Crippen molar-refractivity contribution in [1.82, 2.24) is 4.90 Å². The summed E-state index contributed by atoms with van der Waals surface area (Å²) < 4.78 is 51.6. The van der Waals surface area contributed by atoms with Gasteiger partial charge in [0.25, 0.3) is 0 Å². The topological polar surface area (TPSA) is 41.6 Å². The van der Waals surface area contributed by atoms with Gasteiger partial charge in [0.05, 0.1) is 12.1 Å². The molecule has 2 rings (SSSR count). The zero-order valence-electron chi connectivity index (χ0n) is 11.9. The van der Waals surface area contributed by atoms with Gasteiger partial charge in [-0.15, -0.1) is 24.0 Å². The third-order valence-corrected chi connectivity index (χ3v) is 3.47. The van der Waals surface area contributed by atoms with Crippen LogP contribution in [0.25, 0.3) is 0 Å². The molecule has 0 atom stereocenters. The average Bonchev–Trinajstić information content (AvgIpc) is 2.45. The van der Waals surface area contributed by atoms with Crippen molar-refractivity contribution in [3.05, 3.63) is 35.1 Å². The zero-order valence-corrected chi connectivity index (χ0v) is 14.2. The zero-order chi connectivity index (χ0) is 15.5. The first-order chi connectivity index (χ1) is 9.88. The molecular formula is C14H18F4IN3. The number of piperidine rings is 1. The van der Waals surface area contributed by atoms with Crippen molar-refractivity contribution in [3.63, 3.8) is 0 Å². The fourth-order valence-electron chi connectivity index (χ4n) is 2.34. The van der Waals surface area contributed by atoms with Crippen molar-refractivity contribution in [2.24, 2.45) is 10.7 Å². The van der Waals surface area contributed by atoms with Crippen LogP contribution in [-0.2, 0) is 12.7 Å². The summed E-state index contributed by atoms with van der Waals surface area (Å²) in [6.07, 6.45) is -1.48.